The summed E-state index contributed by atoms with van der Waals surface area (Å²) in [5, 5.41) is 33.7. The predicted octanol–water partition coefficient (Wildman–Crippen LogP) is 0.418. The minimum atomic E-state index is -1.30. The van der Waals surface area contributed by atoms with E-state index < -0.39 is 25.4 Å². The zero-order valence-electron chi connectivity index (χ0n) is 11.4. The van der Waals surface area contributed by atoms with Gasteiger partial charge in [0.25, 0.3) is 0 Å². The van der Waals surface area contributed by atoms with Crippen LogP contribution in [0.1, 0.15) is 0 Å². The number of aryl methyl sites for hydroxylation is 1. The average Bonchev–Trinajstić information content (AvgIpc) is 2.86. The van der Waals surface area contributed by atoms with Gasteiger partial charge in [0.15, 0.2) is 0 Å². The van der Waals surface area contributed by atoms with Crippen molar-refractivity contribution >= 4 is 22.9 Å². The molecule has 0 aliphatic rings. The minimum Gasteiger partial charge on any atom is -0.394 e. The summed E-state index contributed by atoms with van der Waals surface area (Å²) < 4.78 is 1.55. The van der Waals surface area contributed by atoms with Crippen molar-refractivity contribution in [3.8, 4) is 10.6 Å². The predicted molar refractivity (Wildman–Crippen MR) is 81.1 cm³/mol. The van der Waals surface area contributed by atoms with Gasteiger partial charge < -0.3 is 15.3 Å². The largest absolute Gasteiger partial charge is 0.394 e. The first-order valence-corrected chi connectivity index (χ1v) is 7.41. The zero-order chi connectivity index (χ0) is 15.5. The van der Waals surface area contributed by atoms with Gasteiger partial charge >= 0.3 is 0 Å². The van der Waals surface area contributed by atoms with Crippen LogP contribution in [0.4, 0.5) is 0 Å². The molecule has 0 unspecified atom stereocenters. The fourth-order valence-corrected chi connectivity index (χ4v) is 2.74. The van der Waals surface area contributed by atoms with E-state index in [1.165, 1.54) is 11.3 Å². The van der Waals surface area contributed by atoms with Crippen molar-refractivity contribution in [3.05, 3.63) is 34.1 Å². The lowest BCUT2D eigenvalue weighted by Crippen LogP contribution is -2.42. The van der Waals surface area contributed by atoms with Gasteiger partial charge in [-0.25, -0.2) is 9.67 Å². The number of rotatable bonds is 5. The molecule has 2 rings (SSSR count). The summed E-state index contributed by atoms with van der Waals surface area (Å²) in [7, 11) is 1.71. The Morgan fingerprint density at radius 2 is 1.76 bits per heavy atom. The molecule has 0 radical (unpaired) electrons. The summed E-state index contributed by atoms with van der Waals surface area (Å²) in [6.45, 7) is -1.35. The molecule has 0 aliphatic carbocycles. The van der Waals surface area contributed by atoms with Crippen molar-refractivity contribution in [1.82, 2.24) is 9.78 Å². The fourth-order valence-electron chi connectivity index (χ4n) is 1.62. The van der Waals surface area contributed by atoms with Gasteiger partial charge in [-0.05, 0) is 12.1 Å². The maximum atomic E-state index is 9.33. The summed E-state index contributed by atoms with van der Waals surface area (Å²) in [5.41, 5.74) is -0.411. The summed E-state index contributed by atoms with van der Waals surface area (Å²) in [6, 6.07) is 7.24. The van der Waals surface area contributed by atoms with Crippen molar-refractivity contribution < 1.29 is 15.3 Å². The Morgan fingerprint density at radius 3 is 2.29 bits per heavy atom. The molecule has 114 valence electrons. The quantitative estimate of drug-likeness (QED) is 0.741. The topological polar surface area (TPSA) is 90.9 Å². The Kier molecular flexibility index (Phi) is 5.13. The number of halogens is 1. The molecule has 1 heterocycles. The molecular weight excluding hydrogens is 314 g/mol. The molecular formula is C13H16ClN3O3S. The van der Waals surface area contributed by atoms with Gasteiger partial charge in [-0.1, -0.05) is 35.1 Å². The molecule has 0 amide bonds. The van der Waals surface area contributed by atoms with Crippen molar-refractivity contribution in [2.24, 2.45) is 12.0 Å². The molecule has 0 saturated heterocycles. The molecule has 2 aromatic rings. The van der Waals surface area contributed by atoms with Crippen LogP contribution in [0.15, 0.2) is 29.3 Å². The summed E-state index contributed by atoms with van der Waals surface area (Å²) >= 11 is 7.16. The summed E-state index contributed by atoms with van der Waals surface area (Å²) in [4.78, 5) is 4.75. The second kappa shape index (κ2) is 6.67. The molecule has 0 aliphatic heterocycles. The molecule has 0 fully saturated rings. The van der Waals surface area contributed by atoms with E-state index >= 15 is 0 Å². The Hall–Kier alpha value is -1.25. The molecule has 6 nitrogen and oxygen atoms in total. The van der Waals surface area contributed by atoms with E-state index in [4.69, 9.17) is 11.6 Å². The van der Waals surface area contributed by atoms with Crippen LogP contribution in [0.5, 0.6) is 0 Å². The second-order valence-electron chi connectivity index (χ2n) is 4.63. The molecule has 0 saturated carbocycles. The van der Waals surface area contributed by atoms with Crippen LogP contribution in [0.25, 0.3) is 10.6 Å². The number of nitrogens with zero attached hydrogens (tertiary/aromatic N) is 3. The molecule has 0 atom stereocenters. The maximum Gasteiger partial charge on any atom is 0.203 e. The van der Waals surface area contributed by atoms with Crippen molar-refractivity contribution in [2.45, 2.75) is 5.54 Å². The van der Waals surface area contributed by atoms with Gasteiger partial charge in [0, 0.05) is 17.6 Å². The number of aliphatic hydroxyl groups excluding tert-OH is 3. The molecule has 8 heteroatoms. The highest BCUT2D eigenvalue weighted by atomic mass is 35.5. The fraction of sp³-hybridized carbons (Fsp3) is 0.385. The van der Waals surface area contributed by atoms with Crippen LogP contribution in [0.3, 0.4) is 0 Å². The van der Waals surface area contributed by atoms with Gasteiger partial charge in [-0.15, -0.1) is 0 Å². The number of hydrogen-bond acceptors (Lipinski definition) is 6. The standard InChI is InChI=1S/C13H16ClN3O3S/c1-17-12(15-13(6-18,7-19)8-20)21-11(16-17)9-2-4-10(14)5-3-9/h2-5,18-20H,6-8H2,1H3/b15-12+. The minimum absolute atomic E-state index is 0.450. The number of benzene rings is 1. The van der Waals surface area contributed by atoms with Gasteiger partial charge in [-0.2, -0.15) is 5.10 Å². The maximum absolute atomic E-state index is 9.33. The second-order valence-corrected chi connectivity index (χ2v) is 6.02. The van der Waals surface area contributed by atoms with Crippen molar-refractivity contribution in [1.29, 1.82) is 0 Å². The normalized spacial score (nSPS) is 12.9. The Bertz CT molecular complexity index is 654. The van der Waals surface area contributed by atoms with Gasteiger partial charge in [-0.3, -0.25) is 0 Å². The van der Waals surface area contributed by atoms with Crippen LogP contribution in [0, 0.1) is 0 Å². The highest BCUT2D eigenvalue weighted by molar-refractivity contribution is 7.12. The van der Waals surface area contributed by atoms with E-state index in [1.54, 1.807) is 23.9 Å². The third-order valence-corrected chi connectivity index (χ3v) is 4.31. The first kappa shape index (κ1) is 16.1. The first-order valence-electron chi connectivity index (χ1n) is 6.22. The third kappa shape index (κ3) is 3.50. The number of aromatic nitrogens is 2. The van der Waals surface area contributed by atoms with Crippen LogP contribution in [-0.4, -0.2) is 50.5 Å². The SMILES string of the molecule is Cn1nc(-c2ccc(Cl)cc2)s/c1=N/C(CO)(CO)CO. The lowest BCUT2D eigenvalue weighted by atomic mass is 10.1. The smallest absolute Gasteiger partial charge is 0.203 e. The van der Waals surface area contributed by atoms with Crippen molar-refractivity contribution in [3.63, 3.8) is 0 Å². The lowest BCUT2D eigenvalue weighted by Gasteiger charge is -2.21. The Balaban J connectivity index is 2.46. The van der Waals surface area contributed by atoms with Crippen LogP contribution in [0.2, 0.25) is 5.02 Å². The highest BCUT2D eigenvalue weighted by Crippen LogP contribution is 2.21. The van der Waals surface area contributed by atoms with Gasteiger partial charge in [0.2, 0.25) is 4.80 Å². The molecule has 3 N–H and O–H groups in total. The van der Waals surface area contributed by atoms with E-state index in [-0.39, 0.29) is 0 Å². The highest BCUT2D eigenvalue weighted by Gasteiger charge is 2.27. The summed E-state index contributed by atoms with van der Waals surface area (Å²) in [5.74, 6) is 0. The van der Waals surface area contributed by atoms with Gasteiger partial charge in [0.1, 0.15) is 10.5 Å². The zero-order valence-corrected chi connectivity index (χ0v) is 13.0. The van der Waals surface area contributed by atoms with E-state index in [1.807, 2.05) is 12.1 Å². The van der Waals surface area contributed by atoms with E-state index in [2.05, 4.69) is 10.1 Å². The van der Waals surface area contributed by atoms with Crippen molar-refractivity contribution in [2.75, 3.05) is 19.8 Å². The van der Waals surface area contributed by atoms with Crippen LogP contribution >= 0.6 is 22.9 Å². The molecule has 1 aromatic carbocycles. The molecule has 0 bridgehead atoms. The summed E-state index contributed by atoms with van der Waals surface area (Å²) in [6.07, 6.45) is 0. The van der Waals surface area contributed by atoms with E-state index in [0.29, 0.717) is 9.82 Å². The first-order chi connectivity index (χ1) is 10.0. The molecule has 21 heavy (non-hydrogen) atoms. The Morgan fingerprint density at radius 1 is 1.19 bits per heavy atom. The monoisotopic (exact) mass is 329 g/mol. The Labute approximate surface area is 130 Å². The average molecular weight is 330 g/mol. The van der Waals surface area contributed by atoms with E-state index in [0.717, 1.165) is 10.6 Å². The number of hydrogen-bond donors (Lipinski definition) is 3. The molecule has 0 spiro atoms. The lowest BCUT2D eigenvalue weighted by molar-refractivity contribution is 0.0685. The third-order valence-electron chi connectivity index (χ3n) is 3.01. The van der Waals surface area contributed by atoms with E-state index in [9.17, 15) is 15.3 Å². The van der Waals surface area contributed by atoms with Gasteiger partial charge in [0.05, 0.1) is 19.8 Å². The molecule has 1 aromatic heterocycles. The number of aliphatic hydroxyl groups is 3. The van der Waals surface area contributed by atoms with Crippen LogP contribution < -0.4 is 4.80 Å². The van der Waals surface area contributed by atoms with Crippen LogP contribution in [-0.2, 0) is 7.05 Å².